The van der Waals surface area contributed by atoms with Crippen molar-refractivity contribution in [1.29, 1.82) is 0 Å². The molecule has 6 nitrogen and oxygen atoms in total. The molecule has 0 aliphatic heterocycles. The highest BCUT2D eigenvalue weighted by atomic mass is 127. The Morgan fingerprint density at radius 1 is 1.65 bits per heavy atom. The molecule has 0 aromatic carbocycles. The summed E-state index contributed by atoms with van der Waals surface area (Å²) < 4.78 is 24.6. The van der Waals surface area contributed by atoms with Crippen molar-refractivity contribution in [1.82, 2.24) is 4.98 Å². The molecule has 1 heterocycles. The van der Waals surface area contributed by atoms with E-state index in [1.54, 1.807) is 0 Å². The van der Waals surface area contributed by atoms with Gasteiger partial charge in [0.1, 0.15) is 9.26 Å². The molecule has 0 spiro atoms. The summed E-state index contributed by atoms with van der Waals surface area (Å²) >= 11 is 1.37. The highest BCUT2D eigenvalue weighted by Gasteiger charge is 2.27. The maximum atomic E-state index is 12.5. The Kier molecular flexibility index (Phi) is 4.26. The summed E-state index contributed by atoms with van der Waals surface area (Å²) in [7, 11) is 0. The van der Waals surface area contributed by atoms with Gasteiger partial charge < -0.3 is 5.11 Å². The van der Waals surface area contributed by atoms with Gasteiger partial charge in [0.2, 0.25) is 0 Å². The maximum Gasteiger partial charge on any atom is 0.308 e. The third-order valence-corrected chi connectivity index (χ3v) is 2.89. The van der Waals surface area contributed by atoms with Crippen LogP contribution in [-0.4, -0.2) is 21.0 Å². The predicted octanol–water partition coefficient (Wildman–Crippen LogP) is 2.16. The Morgan fingerprint density at radius 3 is 2.65 bits per heavy atom. The van der Waals surface area contributed by atoms with Crippen molar-refractivity contribution in [3.05, 3.63) is 31.1 Å². The molecular formula is C8H5F2IN2O4. The summed E-state index contributed by atoms with van der Waals surface area (Å²) in [6.45, 7) is 0. The van der Waals surface area contributed by atoms with Gasteiger partial charge in [0.25, 0.3) is 12.1 Å². The normalized spacial score (nSPS) is 10.6. The first-order chi connectivity index (χ1) is 7.84. The molecule has 1 aromatic heterocycles. The lowest BCUT2D eigenvalue weighted by atomic mass is 10.1. The number of halogens is 3. The van der Waals surface area contributed by atoms with E-state index in [-0.39, 0.29) is 9.13 Å². The molecule has 0 bridgehead atoms. The number of rotatable bonds is 4. The highest BCUT2D eigenvalue weighted by molar-refractivity contribution is 14.1. The number of hydrogen-bond acceptors (Lipinski definition) is 4. The molecule has 0 amide bonds. The van der Waals surface area contributed by atoms with Crippen LogP contribution in [0.4, 0.5) is 14.5 Å². The van der Waals surface area contributed by atoms with Gasteiger partial charge in [-0.25, -0.2) is 8.78 Å². The second-order valence-electron chi connectivity index (χ2n) is 2.96. The Hall–Kier alpha value is -1.39. The molecule has 1 N–H and O–H groups in total. The van der Waals surface area contributed by atoms with Gasteiger partial charge in [-0.3, -0.25) is 19.9 Å². The smallest absolute Gasteiger partial charge is 0.308 e. The van der Waals surface area contributed by atoms with Crippen molar-refractivity contribution in [2.45, 2.75) is 12.8 Å². The zero-order valence-corrected chi connectivity index (χ0v) is 10.2. The zero-order chi connectivity index (χ0) is 13.2. The van der Waals surface area contributed by atoms with Crippen molar-refractivity contribution in [2.75, 3.05) is 0 Å². The van der Waals surface area contributed by atoms with Gasteiger partial charge >= 0.3 is 5.97 Å². The van der Waals surface area contributed by atoms with Gasteiger partial charge in [-0.15, -0.1) is 0 Å². The molecule has 0 radical (unpaired) electrons. The van der Waals surface area contributed by atoms with Gasteiger partial charge in [-0.1, -0.05) is 0 Å². The average molecular weight is 358 g/mol. The molecule has 0 saturated carbocycles. The van der Waals surface area contributed by atoms with Gasteiger partial charge in [0, 0.05) is 6.20 Å². The molecule has 0 aliphatic rings. The Morgan fingerprint density at radius 2 is 2.24 bits per heavy atom. The lowest BCUT2D eigenvalue weighted by molar-refractivity contribution is -0.386. The number of alkyl halides is 2. The number of nitro groups is 1. The molecule has 1 rings (SSSR count). The quantitative estimate of drug-likeness (QED) is 0.506. The van der Waals surface area contributed by atoms with Crippen molar-refractivity contribution >= 4 is 34.2 Å². The van der Waals surface area contributed by atoms with Gasteiger partial charge in [0.05, 0.1) is 16.9 Å². The fraction of sp³-hybridized carbons (Fsp3) is 0.250. The number of aromatic nitrogens is 1. The minimum atomic E-state index is -2.94. The van der Waals surface area contributed by atoms with E-state index in [1.807, 2.05) is 0 Å². The summed E-state index contributed by atoms with van der Waals surface area (Å²) in [6.07, 6.45) is -2.78. The van der Waals surface area contributed by atoms with Crippen LogP contribution in [0.1, 0.15) is 17.7 Å². The Labute approximate surface area is 107 Å². The fourth-order valence-electron chi connectivity index (χ4n) is 1.17. The van der Waals surface area contributed by atoms with Crippen molar-refractivity contribution in [3.63, 3.8) is 0 Å². The monoisotopic (exact) mass is 358 g/mol. The molecule has 0 aliphatic carbocycles. The Balaban J connectivity index is 3.39. The summed E-state index contributed by atoms with van der Waals surface area (Å²) in [6, 6.07) is 0. The standard InChI is InChI=1S/C8H5F2IN2O4/c9-8(10)6-5(11)7(13(16)17)3(2-12-6)1-4(14)15/h2,8H,1H2,(H,14,15). The van der Waals surface area contributed by atoms with Crippen LogP contribution >= 0.6 is 22.6 Å². The SMILES string of the molecule is O=C(O)Cc1cnc(C(F)F)c(I)c1[N+](=O)[O-]. The van der Waals surface area contributed by atoms with E-state index in [1.165, 1.54) is 22.6 Å². The van der Waals surface area contributed by atoms with Crippen LogP contribution in [0, 0.1) is 13.7 Å². The number of carbonyl (C=O) groups is 1. The van der Waals surface area contributed by atoms with E-state index in [0.717, 1.165) is 6.20 Å². The number of carboxylic acid groups (broad SMARTS) is 1. The summed E-state index contributed by atoms with van der Waals surface area (Å²) in [5, 5.41) is 19.3. The first-order valence-corrected chi connectivity index (χ1v) is 5.24. The lowest BCUT2D eigenvalue weighted by Crippen LogP contribution is -2.08. The maximum absolute atomic E-state index is 12.5. The molecule has 0 unspecified atom stereocenters. The molecule has 1 aromatic rings. The highest BCUT2D eigenvalue weighted by Crippen LogP contribution is 2.32. The molecule has 92 valence electrons. The second kappa shape index (κ2) is 5.29. The predicted molar refractivity (Wildman–Crippen MR) is 59.9 cm³/mol. The van der Waals surface area contributed by atoms with E-state index in [4.69, 9.17) is 5.11 Å². The van der Waals surface area contributed by atoms with Gasteiger partial charge in [-0.2, -0.15) is 0 Å². The molecule has 0 fully saturated rings. The van der Waals surface area contributed by atoms with Crippen LogP contribution in [0.2, 0.25) is 0 Å². The van der Waals surface area contributed by atoms with Gasteiger partial charge in [0.15, 0.2) is 0 Å². The summed E-state index contributed by atoms with van der Waals surface area (Å²) in [5.41, 5.74) is -1.54. The first kappa shape index (κ1) is 13.7. The summed E-state index contributed by atoms with van der Waals surface area (Å²) in [5.74, 6) is -1.30. The van der Waals surface area contributed by atoms with Crippen LogP contribution in [-0.2, 0) is 11.2 Å². The average Bonchev–Trinajstić information content (AvgIpc) is 2.15. The van der Waals surface area contributed by atoms with E-state index >= 15 is 0 Å². The van der Waals surface area contributed by atoms with Crippen LogP contribution in [0.3, 0.4) is 0 Å². The zero-order valence-electron chi connectivity index (χ0n) is 8.06. The number of aliphatic carboxylic acids is 1. The van der Waals surface area contributed by atoms with E-state index in [0.29, 0.717) is 0 Å². The molecular weight excluding hydrogens is 353 g/mol. The minimum absolute atomic E-state index is 0.198. The topological polar surface area (TPSA) is 93.3 Å². The number of hydrogen-bond donors (Lipinski definition) is 1. The lowest BCUT2D eigenvalue weighted by Gasteiger charge is -2.06. The number of carboxylic acids is 1. The largest absolute Gasteiger partial charge is 0.481 e. The molecule has 17 heavy (non-hydrogen) atoms. The van der Waals surface area contributed by atoms with E-state index < -0.39 is 35.1 Å². The molecule has 0 atom stereocenters. The van der Waals surface area contributed by atoms with Crippen LogP contribution < -0.4 is 0 Å². The summed E-state index contributed by atoms with van der Waals surface area (Å²) in [4.78, 5) is 23.7. The van der Waals surface area contributed by atoms with Gasteiger partial charge in [-0.05, 0) is 22.6 Å². The second-order valence-corrected chi connectivity index (χ2v) is 4.04. The number of nitrogens with zero attached hydrogens (tertiary/aromatic N) is 2. The van der Waals surface area contributed by atoms with Crippen molar-refractivity contribution in [3.8, 4) is 0 Å². The first-order valence-electron chi connectivity index (χ1n) is 4.16. The van der Waals surface area contributed by atoms with E-state index in [9.17, 15) is 23.7 Å². The van der Waals surface area contributed by atoms with E-state index in [2.05, 4.69) is 4.98 Å². The third-order valence-electron chi connectivity index (χ3n) is 1.83. The van der Waals surface area contributed by atoms with Crippen LogP contribution in [0.25, 0.3) is 0 Å². The number of pyridine rings is 1. The van der Waals surface area contributed by atoms with Crippen LogP contribution in [0.15, 0.2) is 6.20 Å². The van der Waals surface area contributed by atoms with Crippen LogP contribution in [0.5, 0.6) is 0 Å². The fourth-order valence-corrected chi connectivity index (χ4v) is 2.09. The molecule has 0 saturated heterocycles. The minimum Gasteiger partial charge on any atom is -0.481 e. The molecule has 9 heteroatoms. The third kappa shape index (κ3) is 3.05. The van der Waals surface area contributed by atoms with Crippen molar-refractivity contribution in [2.24, 2.45) is 0 Å². The van der Waals surface area contributed by atoms with Crippen molar-refractivity contribution < 1.29 is 23.6 Å². The Bertz CT molecular complexity index is 481.